The lowest BCUT2D eigenvalue weighted by atomic mass is 10.0. The molecule has 13 aromatic carbocycles. The first-order chi connectivity index (χ1) is 40.7. The second-order valence-electron chi connectivity index (χ2n) is 21.5. The summed E-state index contributed by atoms with van der Waals surface area (Å²) in [6.07, 6.45) is 0. The van der Waals surface area contributed by atoms with Crippen molar-refractivity contribution in [3.63, 3.8) is 0 Å². The van der Waals surface area contributed by atoms with E-state index in [-0.39, 0.29) is 0 Å². The molecule has 2 nitrogen and oxygen atoms in total. The Hall–Kier alpha value is -10.1. The van der Waals surface area contributed by atoms with Gasteiger partial charge in [-0.3, -0.25) is 0 Å². The molecule has 0 fully saturated rings. The number of nitrogens with zero attached hydrogens (tertiary/aromatic N) is 2. The largest absolute Gasteiger partial charge is 0.311 e. The Morgan fingerprint density at radius 1 is 0.171 bits per heavy atom. The fourth-order valence-corrected chi connectivity index (χ4v) is 23.9. The van der Waals surface area contributed by atoms with Crippen molar-refractivity contribution in [2.24, 2.45) is 0 Å². The molecule has 2 aliphatic heterocycles. The van der Waals surface area contributed by atoms with E-state index in [1.165, 1.54) is 109 Å². The van der Waals surface area contributed by atoms with Crippen molar-refractivity contribution in [1.29, 1.82) is 0 Å². The Bertz CT molecular complexity index is 3880. The van der Waals surface area contributed by atoms with Crippen LogP contribution in [0.5, 0.6) is 0 Å². The van der Waals surface area contributed by atoms with Crippen molar-refractivity contribution in [3.05, 3.63) is 340 Å². The van der Waals surface area contributed by atoms with Gasteiger partial charge in [-0.1, -0.05) is 297 Å². The van der Waals surface area contributed by atoms with Crippen LogP contribution < -0.4 is 51.3 Å². The minimum Gasteiger partial charge on any atom is -0.311 e. The maximum absolute atomic E-state index is 3.12. The zero-order chi connectivity index (χ0) is 54.5. The lowest BCUT2D eigenvalue weighted by Gasteiger charge is -2.46. The molecule has 4 heteroatoms. The highest BCUT2D eigenvalue weighted by Gasteiger charge is 2.51. The molecule has 2 heterocycles. The van der Waals surface area contributed by atoms with Gasteiger partial charge in [0.1, 0.15) is 0 Å². The molecule has 13 aromatic rings. The minimum absolute atomic E-state index is 1.09. The molecule has 0 unspecified atom stereocenters. The Balaban J connectivity index is 1.02. The quantitative estimate of drug-likeness (QED) is 0.126. The van der Waals surface area contributed by atoms with Gasteiger partial charge >= 0.3 is 0 Å². The topological polar surface area (TPSA) is 6.48 Å². The van der Waals surface area contributed by atoms with Crippen LogP contribution in [0, 0.1) is 0 Å². The van der Waals surface area contributed by atoms with E-state index in [4.69, 9.17) is 0 Å². The van der Waals surface area contributed by atoms with E-state index in [1.807, 2.05) is 0 Å². The van der Waals surface area contributed by atoms with Gasteiger partial charge in [0, 0.05) is 34.1 Å². The molecule has 0 aromatic heterocycles. The summed E-state index contributed by atoms with van der Waals surface area (Å²) in [5.74, 6) is 0. The molecule has 82 heavy (non-hydrogen) atoms. The number of hydrogen-bond acceptors (Lipinski definition) is 2. The summed E-state index contributed by atoms with van der Waals surface area (Å²) in [7, 11) is -6.23. The highest BCUT2D eigenvalue weighted by Crippen LogP contribution is 2.46. The van der Waals surface area contributed by atoms with E-state index >= 15 is 0 Å². The molecule has 0 amide bonds. The van der Waals surface area contributed by atoms with Gasteiger partial charge in [0.25, 0.3) is 0 Å². The summed E-state index contributed by atoms with van der Waals surface area (Å²) < 4.78 is 0. The first kappa shape index (κ1) is 49.0. The number of rotatable bonds is 10. The normalized spacial score (nSPS) is 13.5. The monoisotopic (exact) mass is 1080 g/mol. The Labute approximate surface area is 482 Å². The third-order valence-corrected chi connectivity index (χ3v) is 26.8. The van der Waals surface area contributed by atoms with Gasteiger partial charge in [-0.05, 0) is 128 Å². The fraction of sp³-hybridized carbons (Fsp3) is 0. The molecule has 15 rings (SSSR count). The van der Waals surface area contributed by atoms with Crippen molar-refractivity contribution in [2.75, 3.05) is 9.80 Å². The molecule has 0 radical (unpaired) electrons. The van der Waals surface area contributed by atoms with E-state index in [9.17, 15) is 0 Å². The smallest absolute Gasteiger partial charge is 0.184 e. The van der Waals surface area contributed by atoms with Crippen molar-refractivity contribution in [3.8, 4) is 44.5 Å². The average Bonchev–Trinajstić information content (AvgIpc) is 1.93. The summed E-state index contributed by atoms with van der Waals surface area (Å²) in [5.41, 5.74) is 16.6. The maximum atomic E-state index is 2.57. The van der Waals surface area contributed by atoms with E-state index in [0.717, 1.165) is 11.4 Å². The predicted molar refractivity (Wildman–Crippen MR) is 352 cm³/mol. The molecule has 0 saturated heterocycles. The first-order valence-electron chi connectivity index (χ1n) is 28.4. The molecule has 0 spiro atoms. The van der Waals surface area contributed by atoms with Crippen LogP contribution in [0.2, 0.25) is 0 Å². The molecule has 0 atom stereocenters. The van der Waals surface area contributed by atoms with E-state index in [2.05, 4.69) is 350 Å². The fourth-order valence-electron chi connectivity index (χ4n) is 13.6. The second kappa shape index (κ2) is 20.5. The highest BCUT2D eigenvalue weighted by molar-refractivity contribution is 7.22. The predicted octanol–water partition coefficient (Wildman–Crippen LogP) is 14.7. The summed E-state index contributed by atoms with van der Waals surface area (Å²) in [5, 5.41) is 10.8. The Morgan fingerprint density at radius 2 is 0.390 bits per heavy atom. The molecular weight excluding hydrogens is 1020 g/mol. The van der Waals surface area contributed by atoms with Crippen LogP contribution in [0.3, 0.4) is 0 Å². The number of anilines is 6. The van der Waals surface area contributed by atoms with Crippen molar-refractivity contribution in [2.45, 2.75) is 0 Å². The summed E-state index contributed by atoms with van der Waals surface area (Å²) >= 11 is 0. The van der Waals surface area contributed by atoms with Gasteiger partial charge in [-0.15, -0.1) is 0 Å². The van der Waals surface area contributed by atoms with Crippen molar-refractivity contribution < 1.29 is 0 Å². The van der Waals surface area contributed by atoms with Crippen LogP contribution in [-0.4, -0.2) is 16.1 Å². The highest BCUT2D eigenvalue weighted by atomic mass is 28.3. The van der Waals surface area contributed by atoms with Crippen LogP contribution >= 0.6 is 0 Å². The molecule has 2 aliphatic rings. The van der Waals surface area contributed by atoms with Crippen molar-refractivity contribution in [1.82, 2.24) is 0 Å². The van der Waals surface area contributed by atoms with E-state index in [1.54, 1.807) is 0 Å². The van der Waals surface area contributed by atoms with Gasteiger partial charge in [0.2, 0.25) is 0 Å². The number of fused-ring (bicyclic) bond motifs is 4. The number of benzene rings is 13. The second-order valence-corrected chi connectivity index (χ2v) is 29.0. The first-order valence-corrected chi connectivity index (χ1v) is 32.4. The SMILES string of the molecule is c1ccc(-c2ccc3c(c2)[Si](c2ccccc2)(c2ccccc2)c2cc(-c4ccccc4)ccc2N3c2cccc(N3c4ccc(-c5ccccc5)cc4[Si](c4ccccc4)(c4ccccc4)c4cc(-c5ccccc5)ccc43)c2)cc1. The molecule has 0 N–H and O–H groups in total. The van der Waals surface area contributed by atoms with Gasteiger partial charge in [-0.2, -0.15) is 0 Å². The van der Waals surface area contributed by atoms with Crippen LogP contribution in [0.1, 0.15) is 0 Å². The minimum atomic E-state index is -3.12. The maximum Gasteiger partial charge on any atom is 0.184 e. The van der Waals surface area contributed by atoms with Crippen LogP contribution in [-0.2, 0) is 0 Å². The van der Waals surface area contributed by atoms with Crippen molar-refractivity contribution >= 4 is 91.8 Å². The zero-order valence-corrected chi connectivity index (χ0v) is 47.2. The molecule has 0 saturated carbocycles. The molecule has 0 aliphatic carbocycles. The van der Waals surface area contributed by atoms with Crippen LogP contribution in [0.4, 0.5) is 34.1 Å². The summed E-state index contributed by atoms with van der Waals surface area (Å²) in [6.45, 7) is 0. The molecule has 0 bridgehead atoms. The third-order valence-electron chi connectivity index (χ3n) is 17.2. The Morgan fingerprint density at radius 3 is 0.622 bits per heavy atom. The third kappa shape index (κ3) is 7.98. The standard InChI is InChI=1S/C78H56N2Si2/c1-9-26-57(27-10-1)61-44-48-71-75(52-61)81(67-36-17-5-18-37-67,68-38-19-6-20-39-68)76-53-62(58-28-11-2-12-29-58)45-49-72(76)79(71)65-34-25-35-66(56-65)80-73-50-46-63(59-30-13-3-14-31-59)54-77(73)82(69-40-21-7-22-41-69,70-42-23-8-24-43-70)78-55-64(47-51-74(78)80)60-32-15-4-16-33-60/h1-56H. The molecular formula is C78H56N2Si2. The van der Waals surface area contributed by atoms with Gasteiger partial charge in [0.05, 0.1) is 0 Å². The van der Waals surface area contributed by atoms with E-state index in [0.29, 0.717) is 0 Å². The summed E-state index contributed by atoms with van der Waals surface area (Å²) in [4.78, 5) is 5.15. The number of hydrogen-bond donors (Lipinski definition) is 0. The van der Waals surface area contributed by atoms with Gasteiger partial charge in [-0.25, -0.2) is 0 Å². The van der Waals surface area contributed by atoms with Crippen LogP contribution in [0.25, 0.3) is 44.5 Å². The lowest BCUT2D eigenvalue weighted by molar-refractivity contribution is 1.25. The van der Waals surface area contributed by atoms with Gasteiger partial charge in [0.15, 0.2) is 16.1 Å². The van der Waals surface area contributed by atoms with Crippen LogP contribution in [0.15, 0.2) is 340 Å². The van der Waals surface area contributed by atoms with E-state index < -0.39 is 16.1 Å². The van der Waals surface area contributed by atoms with Gasteiger partial charge < -0.3 is 9.80 Å². The lowest BCUT2D eigenvalue weighted by Crippen LogP contribution is -2.77. The molecule has 386 valence electrons. The zero-order valence-electron chi connectivity index (χ0n) is 45.2. The summed E-state index contributed by atoms with van der Waals surface area (Å²) in [6, 6.07) is 128. The average molecular weight is 1080 g/mol. The Kier molecular flexibility index (Phi) is 12.3.